The summed E-state index contributed by atoms with van der Waals surface area (Å²) in [4.78, 5) is 8.31. The number of nitrogens with zero attached hydrogens (tertiary/aromatic N) is 2. The molecule has 6 heteroatoms. The smallest absolute Gasteiger partial charge is 0.188 e. The van der Waals surface area contributed by atoms with Crippen LogP contribution in [0.5, 0.6) is 0 Å². The van der Waals surface area contributed by atoms with Gasteiger partial charge in [0, 0.05) is 26.0 Å². The van der Waals surface area contributed by atoms with Crippen molar-refractivity contribution in [1.82, 2.24) is 10.3 Å². The molecule has 3 N–H and O–H groups in total. The van der Waals surface area contributed by atoms with Crippen LogP contribution in [0, 0.1) is 0 Å². The first-order chi connectivity index (χ1) is 8.72. The van der Waals surface area contributed by atoms with Crippen molar-refractivity contribution in [1.29, 1.82) is 0 Å². The van der Waals surface area contributed by atoms with Crippen LogP contribution in [0.1, 0.15) is 19.0 Å². The Labute approximate surface area is 112 Å². The first-order valence-electron chi connectivity index (χ1n) is 5.94. The molecule has 0 aliphatic rings. The van der Waals surface area contributed by atoms with Gasteiger partial charge in [0.2, 0.25) is 0 Å². The van der Waals surface area contributed by atoms with Crippen LogP contribution in [0.2, 0.25) is 5.02 Å². The Morgan fingerprint density at radius 2 is 2.39 bits per heavy atom. The predicted octanol–water partition coefficient (Wildman–Crippen LogP) is 1.57. The molecule has 1 heterocycles. The highest BCUT2D eigenvalue weighted by Gasteiger charge is 1.95. The van der Waals surface area contributed by atoms with Gasteiger partial charge in [0.15, 0.2) is 5.96 Å². The number of hydrogen-bond donors (Lipinski definition) is 2. The molecule has 0 amide bonds. The zero-order valence-electron chi connectivity index (χ0n) is 10.5. The maximum absolute atomic E-state index is 5.74. The van der Waals surface area contributed by atoms with Gasteiger partial charge in [-0.15, -0.1) is 0 Å². The van der Waals surface area contributed by atoms with Crippen LogP contribution in [-0.4, -0.2) is 30.7 Å². The number of aliphatic imine (C=N–C) groups is 1. The second-order valence-electron chi connectivity index (χ2n) is 3.65. The Hall–Kier alpha value is -1.33. The Bertz CT molecular complexity index is 367. The third-order valence-electron chi connectivity index (χ3n) is 2.18. The van der Waals surface area contributed by atoms with E-state index in [9.17, 15) is 0 Å². The van der Waals surface area contributed by atoms with Gasteiger partial charge in [-0.1, -0.05) is 11.6 Å². The van der Waals surface area contributed by atoms with E-state index in [1.54, 1.807) is 12.3 Å². The first kappa shape index (κ1) is 14.7. The van der Waals surface area contributed by atoms with Crippen molar-refractivity contribution < 1.29 is 4.74 Å². The van der Waals surface area contributed by atoms with Crippen LogP contribution in [-0.2, 0) is 11.3 Å². The molecule has 18 heavy (non-hydrogen) atoms. The van der Waals surface area contributed by atoms with Crippen LogP contribution >= 0.6 is 11.6 Å². The van der Waals surface area contributed by atoms with Gasteiger partial charge < -0.3 is 15.8 Å². The summed E-state index contributed by atoms with van der Waals surface area (Å²) in [6.07, 6.45) is 2.50. The molecule has 0 spiro atoms. The Balaban J connectivity index is 2.22. The summed E-state index contributed by atoms with van der Waals surface area (Å²) in [5.74, 6) is 0.420. The lowest BCUT2D eigenvalue weighted by Gasteiger charge is -2.05. The van der Waals surface area contributed by atoms with Gasteiger partial charge in [-0.2, -0.15) is 0 Å². The summed E-state index contributed by atoms with van der Waals surface area (Å²) < 4.78 is 5.21. The summed E-state index contributed by atoms with van der Waals surface area (Å²) in [6, 6.07) is 3.61. The molecule has 0 saturated carbocycles. The molecule has 0 aliphatic heterocycles. The van der Waals surface area contributed by atoms with Crippen molar-refractivity contribution in [3.63, 3.8) is 0 Å². The van der Waals surface area contributed by atoms with Crippen molar-refractivity contribution in [3.8, 4) is 0 Å². The fraction of sp³-hybridized carbons (Fsp3) is 0.500. The van der Waals surface area contributed by atoms with E-state index in [4.69, 9.17) is 22.1 Å². The third-order valence-corrected chi connectivity index (χ3v) is 2.40. The van der Waals surface area contributed by atoms with Crippen molar-refractivity contribution in [2.75, 3.05) is 19.8 Å². The average Bonchev–Trinajstić information content (AvgIpc) is 2.38. The maximum Gasteiger partial charge on any atom is 0.188 e. The standard InChI is InChI=1S/C12H19ClN4O/c1-2-18-7-3-6-15-12(14)17-9-11-5-4-10(13)8-16-11/h4-5,8H,2-3,6-7,9H2,1H3,(H3,14,15,17). The molecule has 0 aromatic carbocycles. The lowest BCUT2D eigenvalue weighted by Crippen LogP contribution is -2.32. The van der Waals surface area contributed by atoms with E-state index >= 15 is 0 Å². The Morgan fingerprint density at radius 3 is 3.06 bits per heavy atom. The van der Waals surface area contributed by atoms with Crippen LogP contribution in [0.3, 0.4) is 0 Å². The number of pyridine rings is 1. The Kier molecular flexibility index (Phi) is 7.13. The average molecular weight is 271 g/mol. The minimum Gasteiger partial charge on any atom is -0.382 e. The summed E-state index contributed by atoms with van der Waals surface area (Å²) in [5.41, 5.74) is 6.54. The highest BCUT2D eigenvalue weighted by atomic mass is 35.5. The van der Waals surface area contributed by atoms with Crippen LogP contribution in [0.4, 0.5) is 0 Å². The number of hydrogen-bond acceptors (Lipinski definition) is 3. The highest BCUT2D eigenvalue weighted by molar-refractivity contribution is 6.30. The number of halogens is 1. The molecule has 1 rings (SSSR count). The molecule has 100 valence electrons. The van der Waals surface area contributed by atoms with Gasteiger partial charge in [-0.25, -0.2) is 4.99 Å². The highest BCUT2D eigenvalue weighted by Crippen LogP contribution is 2.06. The van der Waals surface area contributed by atoms with Crippen molar-refractivity contribution in [2.45, 2.75) is 19.9 Å². The third kappa shape index (κ3) is 6.42. The van der Waals surface area contributed by atoms with E-state index in [1.165, 1.54) is 0 Å². The van der Waals surface area contributed by atoms with Gasteiger partial charge in [0.25, 0.3) is 0 Å². The molecule has 0 radical (unpaired) electrons. The topological polar surface area (TPSA) is 72.5 Å². The van der Waals surface area contributed by atoms with E-state index in [-0.39, 0.29) is 0 Å². The van der Waals surface area contributed by atoms with Gasteiger partial charge >= 0.3 is 0 Å². The SMILES string of the molecule is CCOCCCNC(N)=NCc1ccc(Cl)cn1. The largest absolute Gasteiger partial charge is 0.382 e. The molecule has 0 aliphatic carbocycles. The van der Waals surface area contributed by atoms with Crippen molar-refractivity contribution in [3.05, 3.63) is 29.0 Å². The molecule has 0 fully saturated rings. The van der Waals surface area contributed by atoms with Crippen LogP contribution in [0.15, 0.2) is 23.3 Å². The second kappa shape index (κ2) is 8.72. The fourth-order valence-electron chi connectivity index (χ4n) is 1.26. The predicted molar refractivity (Wildman–Crippen MR) is 73.7 cm³/mol. The van der Waals surface area contributed by atoms with Gasteiger partial charge in [0.05, 0.1) is 17.3 Å². The van der Waals surface area contributed by atoms with E-state index in [0.717, 1.165) is 31.9 Å². The number of rotatable bonds is 7. The van der Waals surface area contributed by atoms with Gasteiger partial charge in [-0.05, 0) is 25.5 Å². The normalized spacial score (nSPS) is 11.6. The van der Waals surface area contributed by atoms with E-state index in [1.807, 2.05) is 13.0 Å². The monoisotopic (exact) mass is 270 g/mol. The van der Waals surface area contributed by atoms with Crippen molar-refractivity contribution >= 4 is 17.6 Å². The number of nitrogens with one attached hydrogen (secondary N) is 1. The summed E-state index contributed by atoms with van der Waals surface area (Å²) >= 11 is 5.74. The zero-order valence-corrected chi connectivity index (χ0v) is 11.3. The molecule has 0 atom stereocenters. The number of aromatic nitrogens is 1. The number of nitrogens with two attached hydrogens (primary N) is 1. The minimum atomic E-state index is 0.420. The lowest BCUT2D eigenvalue weighted by atomic mass is 10.3. The van der Waals surface area contributed by atoms with Crippen molar-refractivity contribution in [2.24, 2.45) is 10.7 Å². The summed E-state index contributed by atoms with van der Waals surface area (Å²) in [5, 5.41) is 3.63. The summed E-state index contributed by atoms with van der Waals surface area (Å²) in [6.45, 7) is 4.65. The molecular formula is C12H19ClN4O. The summed E-state index contributed by atoms with van der Waals surface area (Å²) in [7, 11) is 0. The van der Waals surface area contributed by atoms with Crippen LogP contribution < -0.4 is 11.1 Å². The maximum atomic E-state index is 5.74. The molecule has 5 nitrogen and oxygen atoms in total. The molecule has 1 aromatic rings. The van der Waals surface area contributed by atoms with E-state index < -0.39 is 0 Å². The zero-order chi connectivity index (χ0) is 13.2. The lowest BCUT2D eigenvalue weighted by molar-refractivity contribution is 0.145. The molecule has 0 saturated heterocycles. The van der Waals surface area contributed by atoms with Gasteiger partial charge in [0.1, 0.15) is 0 Å². The first-order valence-corrected chi connectivity index (χ1v) is 6.32. The van der Waals surface area contributed by atoms with E-state index in [0.29, 0.717) is 17.5 Å². The second-order valence-corrected chi connectivity index (χ2v) is 4.08. The minimum absolute atomic E-state index is 0.420. The van der Waals surface area contributed by atoms with E-state index in [2.05, 4.69) is 15.3 Å². The molecule has 0 unspecified atom stereocenters. The molecular weight excluding hydrogens is 252 g/mol. The molecule has 1 aromatic heterocycles. The van der Waals surface area contributed by atoms with Gasteiger partial charge in [-0.3, -0.25) is 4.98 Å². The Morgan fingerprint density at radius 1 is 1.56 bits per heavy atom. The van der Waals surface area contributed by atoms with Crippen LogP contribution in [0.25, 0.3) is 0 Å². The number of ether oxygens (including phenoxy) is 1. The fourth-order valence-corrected chi connectivity index (χ4v) is 1.37. The quantitative estimate of drug-likeness (QED) is 0.448. The number of guanidine groups is 1. The molecule has 0 bridgehead atoms.